The molecule has 5 nitrogen and oxygen atoms in total. The summed E-state index contributed by atoms with van der Waals surface area (Å²) in [6.45, 7) is 1.89. The molecule has 1 aliphatic rings. The van der Waals surface area contributed by atoms with E-state index in [2.05, 4.69) is 14.7 Å². The van der Waals surface area contributed by atoms with Gasteiger partial charge in [-0.1, -0.05) is 30.3 Å². The van der Waals surface area contributed by atoms with E-state index in [0.29, 0.717) is 5.82 Å². The molecule has 1 aliphatic carbocycles. The van der Waals surface area contributed by atoms with Gasteiger partial charge in [0.05, 0.1) is 12.4 Å². The zero-order chi connectivity index (χ0) is 14.2. The number of hydrogen-bond acceptors (Lipinski definition) is 4. The molecule has 0 amide bonds. The summed E-state index contributed by atoms with van der Waals surface area (Å²) < 4.78 is 27.0. The minimum Gasteiger partial charge on any atom is -0.235 e. The Kier molecular flexibility index (Phi) is 3.07. The number of nitrogens with one attached hydrogen (secondary N) is 1. The van der Waals surface area contributed by atoms with Crippen LogP contribution < -0.4 is 4.72 Å². The van der Waals surface area contributed by atoms with Crippen molar-refractivity contribution in [2.75, 3.05) is 0 Å². The van der Waals surface area contributed by atoms with Crippen LogP contribution in [-0.4, -0.2) is 23.9 Å². The van der Waals surface area contributed by atoms with Crippen molar-refractivity contribution >= 4 is 10.0 Å². The summed E-state index contributed by atoms with van der Waals surface area (Å²) in [6.07, 6.45) is 4.44. The Hall–Kier alpha value is -1.79. The molecular formula is C14H15N3O2S. The van der Waals surface area contributed by atoms with Crippen LogP contribution in [0, 0.1) is 0 Å². The Morgan fingerprint density at radius 2 is 1.70 bits per heavy atom. The molecule has 3 rings (SSSR count). The second-order valence-corrected chi connectivity index (χ2v) is 6.96. The predicted octanol–water partition coefficient (Wildman–Crippen LogP) is 1.97. The fourth-order valence-corrected chi connectivity index (χ4v) is 3.22. The smallest absolute Gasteiger partial charge is 0.235 e. The van der Waals surface area contributed by atoms with Gasteiger partial charge >= 0.3 is 0 Å². The molecule has 0 unspecified atom stereocenters. The van der Waals surface area contributed by atoms with Gasteiger partial charge in [-0.3, -0.25) is 0 Å². The van der Waals surface area contributed by atoms with Gasteiger partial charge in [0, 0.05) is 11.1 Å². The second kappa shape index (κ2) is 4.64. The summed E-state index contributed by atoms with van der Waals surface area (Å²) in [5.41, 5.74) is 0.565. The monoisotopic (exact) mass is 289 g/mol. The Morgan fingerprint density at radius 1 is 1.10 bits per heavy atom. The largest absolute Gasteiger partial charge is 0.244 e. The molecule has 0 atom stereocenters. The predicted molar refractivity (Wildman–Crippen MR) is 75.4 cm³/mol. The van der Waals surface area contributed by atoms with Crippen molar-refractivity contribution in [2.24, 2.45) is 0 Å². The van der Waals surface area contributed by atoms with Gasteiger partial charge in [0.15, 0.2) is 5.82 Å². The second-order valence-electron chi connectivity index (χ2n) is 5.27. The molecule has 6 heteroatoms. The van der Waals surface area contributed by atoms with Gasteiger partial charge in [-0.2, -0.15) is 0 Å². The lowest BCUT2D eigenvalue weighted by molar-refractivity contribution is 0.557. The highest BCUT2D eigenvalue weighted by Crippen LogP contribution is 2.35. The fourth-order valence-electron chi connectivity index (χ4n) is 1.86. The van der Waals surface area contributed by atoms with Crippen molar-refractivity contribution in [1.29, 1.82) is 0 Å². The zero-order valence-electron chi connectivity index (χ0n) is 11.1. The van der Waals surface area contributed by atoms with Crippen LogP contribution in [-0.2, 0) is 10.0 Å². The summed E-state index contributed by atoms with van der Waals surface area (Å²) in [4.78, 5) is 8.37. The van der Waals surface area contributed by atoms with Crippen molar-refractivity contribution in [2.45, 2.75) is 30.2 Å². The number of sulfonamides is 1. The highest BCUT2D eigenvalue weighted by Gasteiger charge is 2.41. The fraction of sp³-hybridized carbons (Fsp3) is 0.286. The van der Waals surface area contributed by atoms with Crippen LogP contribution in [0.15, 0.2) is 47.6 Å². The first-order valence-corrected chi connectivity index (χ1v) is 7.88. The Bertz CT molecular complexity index is 708. The van der Waals surface area contributed by atoms with Crippen LogP contribution in [0.25, 0.3) is 11.4 Å². The van der Waals surface area contributed by atoms with Gasteiger partial charge in [0.2, 0.25) is 10.0 Å². The van der Waals surface area contributed by atoms with Gasteiger partial charge in [-0.15, -0.1) is 0 Å². The standard InChI is InChI=1S/C14H15N3O2S/c1-14(7-8-14)17-20(18,19)12-9-15-13(16-10-12)11-5-3-2-4-6-11/h2-6,9-10,17H,7-8H2,1H3. The van der Waals surface area contributed by atoms with E-state index in [0.717, 1.165) is 18.4 Å². The van der Waals surface area contributed by atoms with E-state index in [-0.39, 0.29) is 10.4 Å². The number of nitrogens with zero attached hydrogens (tertiary/aromatic N) is 2. The summed E-state index contributed by atoms with van der Waals surface area (Å²) in [6, 6.07) is 9.44. The van der Waals surface area contributed by atoms with Crippen molar-refractivity contribution in [3.8, 4) is 11.4 Å². The molecule has 0 spiro atoms. The number of benzene rings is 1. The molecule has 0 aliphatic heterocycles. The zero-order valence-corrected chi connectivity index (χ0v) is 11.9. The van der Waals surface area contributed by atoms with Crippen molar-refractivity contribution in [3.05, 3.63) is 42.7 Å². The molecule has 1 heterocycles. The molecule has 0 bridgehead atoms. The van der Waals surface area contributed by atoms with E-state index in [1.807, 2.05) is 37.3 Å². The summed E-state index contributed by atoms with van der Waals surface area (Å²) in [5, 5.41) is 0. The topological polar surface area (TPSA) is 72.0 Å². The molecule has 1 N–H and O–H groups in total. The maximum Gasteiger partial charge on any atom is 0.244 e. The van der Waals surface area contributed by atoms with E-state index in [1.165, 1.54) is 12.4 Å². The number of hydrogen-bond donors (Lipinski definition) is 1. The van der Waals surface area contributed by atoms with E-state index >= 15 is 0 Å². The maximum absolute atomic E-state index is 12.1. The van der Waals surface area contributed by atoms with E-state index in [9.17, 15) is 8.42 Å². The van der Waals surface area contributed by atoms with Crippen LogP contribution in [0.2, 0.25) is 0 Å². The Morgan fingerprint density at radius 3 is 2.25 bits per heavy atom. The first-order chi connectivity index (χ1) is 9.49. The van der Waals surface area contributed by atoms with Crippen molar-refractivity contribution in [3.63, 3.8) is 0 Å². The van der Waals surface area contributed by atoms with Gasteiger partial charge < -0.3 is 0 Å². The quantitative estimate of drug-likeness (QED) is 0.934. The van der Waals surface area contributed by atoms with E-state index < -0.39 is 10.0 Å². The molecule has 1 aromatic heterocycles. The number of aromatic nitrogens is 2. The third kappa shape index (κ3) is 2.71. The van der Waals surface area contributed by atoms with Crippen LogP contribution >= 0.6 is 0 Å². The summed E-state index contributed by atoms with van der Waals surface area (Å²) in [5.74, 6) is 0.516. The minimum absolute atomic E-state index is 0.102. The minimum atomic E-state index is -3.53. The highest BCUT2D eigenvalue weighted by molar-refractivity contribution is 7.89. The molecule has 1 fully saturated rings. The van der Waals surface area contributed by atoms with E-state index in [1.54, 1.807) is 0 Å². The van der Waals surface area contributed by atoms with Crippen LogP contribution in [0.1, 0.15) is 19.8 Å². The third-order valence-electron chi connectivity index (χ3n) is 3.35. The lowest BCUT2D eigenvalue weighted by Crippen LogP contribution is -2.34. The molecular weight excluding hydrogens is 274 g/mol. The Balaban J connectivity index is 1.86. The molecule has 104 valence electrons. The van der Waals surface area contributed by atoms with Crippen molar-refractivity contribution in [1.82, 2.24) is 14.7 Å². The molecule has 1 saturated carbocycles. The molecule has 20 heavy (non-hydrogen) atoms. The van der Waals surface area contributed by atoms with Gasteiger partial charge in [-0.25, -0.2) is 23.1 Å². The summed E-state index contributed by atoms with van der Waals surface area (Å²) >= 11 is 0. The summed E-state index contributed by atoms with van der Waals surface area (Å²) in [7, 11) is -3.53. The van der Waals surface area contributed by atoms with Crippen LogP contribution in [0.3, 0.4) is 0 Å². The molecule has 1 aromatic carbocycles. The van der Waals surface area contributed by atoms with Crippen LogP contribution in [0.4, 0.5) is 0 Å². The maximum atomic E-state index is 12.1. The average Bonchev–Trinajstić information content (AvgIpc) is 3.16. The molecule has 2 aromatic rings. The lowest BCUT2D eigenvalue weighted by Gasteiger charge is -2.11. The third-order valence-corrected chi connectivity index (χ3v) is 4.94. The average molecular weight is 289 g/mol. The first-order valence-electron chi connectivity index (χ1n) is 6.40. The normalized spacial score (nSPS) is 16.9. The van der Waals surface area contributed by atoms with Gasteiger partial charge in [0.1, 0.15) is 4.90 Å². The van der Waals surface area contributed by atoms with Crippen molar-refractivity contribution < 1.29 is 8.42 Å². The molecule has 0 saturated heterocycles. The van der Waals surface area contributed by atoms with Crippen LogP contribution in [0.5, 0.6) is 0 Å². The van der Waals surface area contributed by atoms with Gasteiger partial charge in [0.25, 0.3) is 0 Å². The van der Waals surface area contributed by atoms with Gasteiger partial charge in [-0.05, 0) is 19.8 Å². The highest BCUT2D eigenvalue weighted by atomic mass is 32.2. The number of rotatable bonds is 4. The SMILES string of the molecule is CC1(NS(=O)(=O)c2cnc(-c3ccccc3)nc2)CC1. The molecule has 0 radical (unpaired) electrons. The van der Waals surface area contributed by atoms with E-state index in [4.69, 9.17) is 0 Å². The Labute approximate surface area is 118 Å². The lowest BCUT2D eigenvalue weighted by atomic mass is 10.2. The first kappa shape index (κ1) is 13.2.